The van der Waals surface area contributed by atoms with Gasteiger partial charge >= 0.3 is 0 Å². The average molecular weight is 279 g/mol. The van der Waals surface area contributed by atoms with Crippen LogP contribution in [0.1, 0.15) is 23.5 Å². The van der Waals surface area contributed by atoms with Gasteiger partial charge in [-0.15, -0.1) is 0 Å². The second-order valence-corrected chi connectivity index (χ2v) is 5.99. The molecule has 1 saturated carbocycles. The average Bonchev–Trinajstić information content (AvgIpc) is 3.22. The van der Waals surface area contributed by atoms with Crippen molar-refractivity contribution in [3.63, 3.8) is 0 Å². The van der Waals surface area contributed by atoms with Gasteiger partial charge < -0.3 is 10.4 Å². The number of phenols is 1. The van der Waals surface area contributed by atoms with Crippen molar-refractivity contribution in [3.8, 4) is 5.75 Å². The number of carbonyl (C=O) groups is 1. The number of rotatable bonds is 2. The molecule has 0 aromatic heterocycles. The van der Waals surface area contributed by atoms with E-state index in [1.54, 1.807) is 24.3 Å². The summed E-state index contributed by atoms with van der Waals surface area (Å²) in [5.41, 5.74) is 3.41. The lowest BCUT2D eigenvalue weighted by molar-refractivity contribution is -0.117. The first-order chi connectivity index (χ1) is 10.2. The molecule has 106 valence electrons. The van der Waals surface area contributed by atoms with E-state index >= 15 is 0 Å². The third-order valence-corrected chi connectivity index (χ3v) is 4.75. The molecule has 2 aliphatic rings. The molecule has 3 heteroatoms. The van der Waals surface area contributed by atoms with E-state index in [0.717, 1.165) is 12.8 Å². The van der Waals surface area contributed by atoms with E-state index < -0.39 is 0 Å². The van der Waals surface area contributed by atoms with Gasteiger partial charge in [-0.25, -0.2) is 0 Å². The summed E-state index contributed by atoms with van der Waals surface area (Å²) in [6, 6.07) is 15.2. The van der Waals surface area contributed by atoms with Crippen LogP contribution in [0.3, 0.4) is 0 Å². The van der Waals surface area contributed by atoms with Crippen LogP contribution in [-0.2, 0) is 11.2 Å². The Hall–Kier alpha value is -2.29. The van der Waals surface area contributed by atoms with Crippen molar-refractivity contribution in [2.75, 3.05) is 5.32 Å². The minimum Gasteiger partial charge on any atom is -0.508 e. The molecular weight excluding hydrogens is 262 g/mol. The highest BCUT2D eigenvalue weighted by atomic mass is 16.3. The minimum absolute atomic E-state index is 0.0762. The third kappa shape index (κ3) is 2.09. The van der Waals surface area contributed by atoms with E-state index in [9.17, 15) is 9.90 Å². The SMILES string of the molecule is O=C(Nc1cccc(O)c1)C1C2CCc3ccccc3C21. The Morgan fingerprint density at radius 1 is 1.14 bits per heavy atom. The topological polar surface area (TPSA) is 49.3 Å². The first kappa shape index (κ1) is 12.5. The number of aromatic hydroxyl groups is 1. The number of aryl methyl sites for hydroxylation is 1. The number of nitrogens with one attached hydrogen (secondary N) is 1. The molecule has 3 unspecified atom stereocenters. The van der Waals surface area contributed by atoms with Gasteiger partial charge in [-0.2, -0.15) is 0 Å². The molecule has 2 N–H and O–H groups in total. The van der Waals surface area contributed by atoms with Gasteiger partial charge in [-0.3, -0.25) is 4.79 Å². The minimum atomic E-state index is 0.0762. The Balaban J connectivity index is 1.53. The number of amides is 1. The molecule has 21 heavy (non-hydrogen) atoms. The van der Waals surface area contributed by atoms with E-state index in [1.165, 1.54) is 11.1 Å². The van der Waals surface area contributed by atoms with E-state index in [2.05, 4.69) is 29.6 Å². The fourth-order valence-electron chi connectivity index (χ4n) is 3.73. The molecule has 4 rings (SSSR count). The lowest BCUT2D eigenvalue weighted by atomic mass is 9.92. The number of fused-ring (bicyclic) bond motifs is 3. The molecule has 3 atom stereocenters. The van der Waals surface area contributed by atoms with Crippen LogP contribution in [-0.4, -0.2) is 11.0 Å². The van der Waals surface area contributed by atoms with Crippen molar-refractivity contribution in [1.82, 2.24) is 0 Å². The Kier molecular flexibility index (Phi) is 2.74. The maximum atomic E-state index is 12.5. The molecule has 0 spiro atoms. The first-order valence-electron chi connectivity index (χ1n) is 7.42. The predicted octanol–water partition coefficient (Wildman–Crippen LogP) is 3.31. The fourth-order valence-corrected chi connectivity index (χ4v) is 3.73. The summed E-state index contributed by atoms with van der Waals surface area (Å²) in [7, 11) is 0. The van der Waals surface area contributed by atoms with Crippen molar-refractivity contribution < 1.29 is 9.90 Å². The third-order valence-electron chi connectivity index (χ3n) is 4.75. The summed E-state index contributed by atoms with van der Waals surface area (Å²) >= 11 is 0. The van der Waals surface area contributed by atoms with Crippen molar-refractivity contribution in [2.45, 2.75) is 18.8 Å². The van der Waals surface area contributed by atoms with Gasteiger partial charge in [0.1, 0.15) is 5.75 Å². The van der Waals surface area contributed by atoms with Crippen molar-refractivity contribution >= 4 is 11.6 Å². The van der Waals surface area contributed by atoms with Crippen LogP contribution < -0.4 is 5.32 Å². The largest absolute Gasteiger partial charge is 0.508 e. The van der Waals surface area contributed by atoms with Gasteiger partial charge in [0.25, 0.3) is 0 Å². The van der Waals surface area contributed by atoms with Gasteiger partial charge in [0.2, 0.25) is 5.91 Å². The van der Waals surface area contributed by atoms with Gasteiger partial charge in [0.05, 0.1) is 0 Å². The lowest BCUT2D eigenvalue weighted by Gasteiger charge is -2.13. The van der Waals surface area contributed by atoms with Crippen LogP contribution in [0.2, 0.25) is 0 Å². The van der Waals surface area contributed by atoms with Crippen molar-refractivity contribution in [3.05, 3.63) is 59.7 Å². The second-order valence-electron chi connectivity index (χ2n) is 5.99. The van der Waals surface area contributed by atoms with E-state index in [-0.39, 0.29) is 17.6 Å². The summed E-state index contributed by atoms with van der Waals surface area (Å²) < 4.78 is 0. The van der Waals surface area contributed by atoms with Crippen LogP contribution in [0.25, 0.3) is 0 Å². The number of hydrogen-bond donors (Lipinski definition) is 2. The van der Waals surface area contributed by atoms with Crippen molar-refractivity contribution in [1.29, 1.82) is 0 Å². The highest BCUT2D eigenvalue weighted by Gasteiger charge is 2.56. The zero-order chi connectivity index (χ0) is 14.4. The normalized spacial score (nSPS) is 25.6. The molecule has 0 heterocycles. The molecule has 0 saturated heterocycles. The maximum Gasteiger partial charge on any atom is 0.228 e. The molecule has 0 radical (unpaired) electrons. The highest BCUT2D eigenvalue weighted by Crippen LogP contribution is 2.60. The Labute approximate surface area is 123 Å². The quantitative estimate of drug-likeness (QED) is 0.886. The molecule has 0 bridgehead atoms. The fraction of sp³-hybridized carbons (Fsp3) is 0.278. The summed E-state index contributed by atoms with van der Waals surface area (Å²) in [4.78, 5) is 12.5. The molecule has 3 nitrogen and oxygen atoms in total. The molecule has 1 amide bonds. The molecule has 2 aromatic carbocycles. The Morgan fingerprint density at radius 3 is 2.86 bits per heavy atom. The zero-order valence-corrected chi connectivity index (χ0v) is 11.6. The molecule has 1 fully saturated rings. The molecule has 2 aromatic rings. The number of hydrogen-bond acceptors (Lipinski definition) is 2. The van der Waals surface area contributed by atoms with Gasteiger partial charge in [-0.1, -0.05) is 30.3 Å². The molecule has 2 aliphatic carbocycles. The summed E-state index contributed by atoms with van der Waals surface area (Å²) in [6.07, 6.45) is 2.17. The van der Waals surface area contributed by atoms with Crippen LogP contribution in [0.4, 0.5) is 5.69 Å². The number of anilines is 1. The predicted molar refractivity (Wildman–Crippen MR) is 81.2 cm³/mol. The van der Waals surface area contributed by atoms with Crippen LogP contribution in [0.5, 0.6) is 5.75 Å². The molecule has 0 aliphatic heterocycles. The summed E-state index contributed by atoms with van der Waals surface area (Å²) in [5, 5.41) is 12.4. The summed E-state index contributed by atoms with van der Waals surface area (Å²) in [6.45, 7) is 0. The van der Waals surface area contributed by atoms with E-state index in [4.69, 9.17) is 0 Å². The first-order valence-corrected chi connectivity index (χ1v) is 7.42. The smallest absolute Gasteiger partial charge is 0.228 e. The van der Waals surface area contributed by atoms with Crippen LogP contribution in [0.15, 0.2) is 48.5 Å². The Bertz CT molecular complexity index is 710. The van der Waals surface area contributed by atoms with E-state index in [1.807, 2.05) is 0 Å². The monoisotopic (exact) mass is 279 g/mol. The zero-order valence-electron chi connectivity index (χ0n) is 11.6. The van der Waals surface area contributed by atoms with Crippen LogP contribution >= 0.6 is 0 Å². The standard InChI is InChI=1S/C18H17NO2/c20-13-6-3-5-12(10-13)19-18(21)17-15-9-8-11-4-1-2-7-14(11)16(15)17/h1-7,10,15-17,20H,8-9H2,(H,19,21). The number of phenolic OH excluding ortho intramolecular Hbond substituents is 1. The lowest BCUT2D eigenvalue weighted by Crippen LogP contribution is -2.15. The second kappa shape index (κ2) is 4.62. The molecular formula is C18H17NO2. The number of carbonyl (C=O) groups excluding carboxylic acids is 1. The highest BCUT2D eigenvalue weighted by molar-refractivity contribution is 5.96. The van der Waals surface area contributed by atoms with E-state index in [0.29, 0.717) is 17.5 Å². The van der Waals surface area contributed by atoms with Gasteiger partial charge in [0, 0.05) is 17.7 Å². The summed E-state index contributed by atoms with van der Waals surface area (Å²) in [5.74, 6) is 1.19. The number of benzene rings is 2. The van der Waals surface area contributed by atoms with Crippen LogP contribution in [0, 0.1) is 11.8 Å². The van der Waals surface area contributed by atoms with Gasteiger partial charge in [-0.05, 0) is 47.9 Å². The maximum absolute atomic E-state index is 12.5. The van der Waals surface area contributed by atoms with Crippen molar-refractivity contribution in [2.24, 2.45) is 11.8 Å². The Morgan fingerprint density at radius 2 is 2.00 bits per heavy atom. The van der Waals surface area contributed by atoms with Gasteiger partial charge in [0.15, 0.2) is 0 Å².